The van der Waals surface area contributed by atoms with E-state index in [1.165, 1.54) is 31.3 Å². The van der Waals surface area contributed by atoms with Gasteiger partial charge < -0.3 is 0 Å². The first kappa shape index (κ1) is 12.1. The van der Waals surface area contributed by atoms with Crippen LogP contribution < -0.4 is 5.32 Å². The van der Waals surface area contributed by atoms with Crippen LogP contribution in [0.3, 0.4) is 0 Å². The van der Waals surface area contributed by atoms with E-state index in [0.717, 1.165) is 5.88 Å². The summed E-state index contributed by atoms with van der Waals surface area (Å²) in [6, 6.07) is 0. The molecule has 1 nitrogen and oxygen atoms in total. The topological polar surface area (TPSA) is 12.0 Å². The van der Waals surface area contributed by atoms with E-state index in [-0.39, 0.29) is 5.54 Å². The quantitative estimate of drug-likeness (QED) is 0.416. The lowest BCUT2D eigenvalue weighted by atomic mass is 9.67. The fraction of sp³-hybridized carbons (Fsp3) is 0.833. The molecule has 0 bridgehead atoms. The highest BCUT2D eigenvalue weighted by molar-refractivity contribution is 7.80. The van der Waals surface area contributed by atoms with Gasteiger partial charge in [-0.2, -0.15) is 12.6 Å². The fourth-order valence-corrected chi connectivity index (χ4v) is 2.56. The highest BCUT2D eigenvalue weighted by Crippen LogP contribution is 2.42. The summed E-state index contributed by atoms with van der Waals surface area (Å²) in [7, 11) is 0. The van der Waals surface area contributed by atoms with E-state index in [1.807, 2.05) is 0 Å². The molecule has 1 N–H and O–H groups in total. The number of nitrogens with one attached hydrogen (secondary N) is 1. The van der Waals surface area contributed by atoms with E-state index in [0.29, 0.717) is 5.41 Å². The van der Waals surface area contributed by atoms with Gasteiger partial charge in [0.1, 0.15) is 0 Å². The van der Waals surface area contributed by atoms with Crippen LogP contribution in [0.15, 0.2) is 12.2 Å². The molecule has 0 aromatic heterocycles. The van der Waals surface area contributed by atoms with Crippen LogP contribution >= 0.6 is 12.6 Å². The third-order valence-electron chi connectivity index (χ3n) is 3.69. The zero-order valence-corrected chi connectivity index (χ0v) is 10.6. The van der Waals surface area contributed by atoms with Crippen LogP contribution in [0.2, 0.25) is 0 Å². The minimum Gasteiger partial charge on any atom is -0.299 e. The number of thiol groups is 1. The second kappa shape index (κ2) is 4.28. The molecule has 82 valence electrons. The van der Waals surface area contributed by atoms with Crippen LogP contribution in [0.4, 0.5) is 0 Å². The average Bonchev–Trinajstić information content (AvgIpc) is 2.09. The van der Waals surface area contributed by atoms with Gasteiger partial charge in [-0.05, 0) is 38.0 Å². The van der Waals surface area contributed by atoms with Gasteiger partial charge in [-0.3, -0.25) is 5.32 Å². The van der Waals surface area contributed by atoms with Crippen LogP contribution in [-0.2, 0) is 0 Å². The monoisotopic (exact) mass is 213 g/mol. The molecule has 14 heavy (non-hydrogen) atoms. The lowest BCUT2D eigenvalue weighted by Crippen LogP contribution is -2.49. The summed E-state index contributed by atoms with van der Waals surface area (Å²) >= 11 is 4.27. The Hall–Kier alpha value is 0.0500. The molecule has 0 unspecified atom stereocenters. The first-order valence-electron chi connectivity index (χ1n) is 5.44. The Bertz CT molecular complexity index is 210. The zero-order valence-electron chi connectivity index (χ0n) is 9.69. The molecular formula is C12H23NS. The fourth-order valence-electron chi connectivity index (χ4n) is 2.26. The maximum absolute atomic E-state index is 4.27. The summed E-state index contributed by atoms with van der Waals surface area (Å²) in [6.45, 7) is 11.0. The molecule has 1 saturated carbocycles. The molecule has 2 heteroatoms. The maximum Gasteiger partial charge on any atom is 0.0395 e. The average molecular weight is 213 g/mol. The van der Waals surface area contributed by atoms with Gasteiger partial charge in [0.2, 0.25) is 0 Å². The van der Waals surface area contributed by atoms with E-state index < -0.39 is 0 Å². The van der Waals surface area contributed by atoms with E-state index in [1.54, 1.807) is 0 Å². The first-order valence-corrected chi connectivity index (χ1v) is 6.07. The van der Waals surface area contributed by atoms with E-state index in [9.17, 15) is 0 Å². The van der Waals surface area contributed by atoms with Crippen molar-refractivity contribution in [3.8, 4) is 0 Å². The van der Waals surface area contributed by atoms with Crippen molar-refractivity contribution in [3.63, 3.8) is 0 Å². The Morgan fingerprint density at radius 1 is 1.29 bits per heavy atom. The molecule has 0 spiro atoms. The molecule has 1 fully saturated rings. The summed E-state index contributed by atoms with van der Waals surface area (Å²) in [6.07, 6.45) is 4.97. The molecule has 0 radical (unpaired) electrons. The third-order valence-corrected chi connectivity index (χ3v) is 3.85. The Labute approximate surface area is 93.8 Å². The molecule has 0 aromatic carbocycles. The number of hydrogen-bond donors (Lipinski definition) is 2. The lowest BCUT2D eigenvalue weighted by Gasteiger charge is -2.44. The van der Waals surface area contributed by atoms with Crippen LogP contribution in [0.1, 0.15) is 46.5 Å². The van der Waals surface area contributed by atoms with Crippen LogP contribution in [-0.4, -0.2) is 11.4 Å². The Morgan fingerprint density at radius 2 is 1.79 bits per heavy atom. The van der Waals surface area contributed by atoms with Crippen molar-refractivity contribution >= 4 is 12.6 Å². The normalized spacial score (nSPS) is 24.6. The number of rotatable bonds is 3. The molecule has 0 amide bonds. The van der Waals surface area contributed by atoms with Gasteiger partial charge in [0, 0.05) is 11.4 Å². The summed E-state index contributed by atoms with van der Waals surface area (Å²) in [4.78, 5) is 0. The molecule has 0 aromatic rings. The van der Waals surface area contributed by atoms with E-state index >= 15 is 0 Å². The Kier molecular flexibility index (Phi) is 3.70. The van der Waals surface area contributed by atoms with Gasteiger partial charge in [0.25, 0.3) is 0 Å². The highest BCUT2D eigenvalue weighted by Gasteiger charge is 2.38. The van der Waals surface area contributed by atoms with Crippen molar-refractivity contribution in [1.82, 2.24) is 5.32 Å². The van der Waals surface area contributed by atoms with Crippen LogP contribution in [0.25, 0.3) is 0 Å². The molecule has 1 rings (SSSR count). The molecule has 0 heterocycles. The van der Waals surface area contributed by atoms with Crippen molar-refractivity contribution in [1.29, 1.82) is 0 Å². The van der Waals surface area contributed by atoms with Crippen molar-refractivity contribution in [2.45, 2.75) is 52.0 Å². The van der Waals surface area contributed by atoms with Crippen molar-refractivity contribution in [2.75, 3.05) is 5.88 Å². The van der Waals surface area contributed by atoms with Crippen LogP contribution in [0, 0.1) is 5.41 Å². The van der Waals surface area contributed by atoms with Gasteiger partial charge in [-0.15, -0.1) is 0 Å². The SMILES string of the molecule is C=C(C)C1(NCS)CCC(C)(C)CC1. The molecule has 0 saturated heterocycles. The van der Waals surface area contributed by atoms with Crippen LogP contribution in [0.5, 0.6) is 0 Å². The zero-order chi connectivity index (χ0) is 10.8. The van der Waals surface area contributed by atoms with Crippen molar-refractivity contribution < 1.29 is 0 Å². The largest absolute Gasteiger partial charge is 0.299 e. The maximum atomic E-state index is 4.27. The first-order chi connectivity index (χ1) is 6.42. The van der Waals surface area contributed by atoms with Gasteiger partial charge in [0.15, 0.2) is 0 Å². The standard InChI is InChI=1S/C12H23NS/c1-10(2)12(13-9-14)7-5-11(3,4)6-8-12/h13-14H,1,5-9H2,2-4H3. The molecule has 1 aliphatic carbocycles. The van der Waals surface area contributed by atoms with E-state index in [2.05, 4.69) is 45.3 Å². The Balaban J connectivity index is 2.69. The van der Waals surface area contributed by atoms with Gasteiger partial charge >= 0.3 is 0 Å². The lowest BCUT2D eigenvalue weighted by molar-refractivity contribution is 0.164. The summed E-state index contributed by atoms with van der Waals surface area (Å²) in [5, 5.41) is 3.50. The smallest absolute Gasteiger partial charge is 0.0395 e. The second-order valence-electron chi connectivity index (χ2n) is 5.36. The van der Waals surface area contributed by atoms with Crippen molar-refractivity contribution in [2.24, 2.45) is 5.41 Å². The molecular weight excluding hydrogens is 190 g/mol. The van der Waals surface area contributed by atoms with Gasteiger partial charge in [-0.25, -0.2) is 0 Å². The van der Waals surface area contributed by atoms with E-state index in [4.69, 9.17) is 0 Å². The minimum absolute atomic E-state index is 0.164. The Morgan fingerprint density at radius 3 is 2.14 bits per heavy atom. The summed E-state index contributed by atoms with van der Waals surface area (Å²) in [5.41, 5.74) is 1.94. The predicted molar refractivity (Wildman–Crippen MR) is 66.8 cm³/mol. The van der Waals surface area contributed by atoms with Crippen molar-refractivity contribution in [3.05, 3.63) is 12.2 Å². The molecule has 0 atom stereocenters. The second-order valence-corrected chi connectivity index (χ2v) is 5.68. The third kappa shape index (κ3) is 2.54. The minimum atomic E-state index is 0.164. The number of hydrogen-bond acceptors (Lipinski definition) is 2. The van der Waals surface area contributed by atoms with Gasteiger partial charge in [-0.1, -0.05) is 26.0 Å². The summed E-state index contributed by atoms with van der Waals surface area (Å²) in [5.74, 6) is 0.743. The van der Waals surface area contributed by atoms with Gasteiger partial charge in [0.05, 0.1) is 0 Å². The highest BCUT2D eigenvalue weighted by atomic mass is 32.1. The predicted octanol–water partition coefficient (Wildman–Crippen LogP) is 3.38. The summed E-state index contributed by atoms with van der Waals surface area (Å²) < 4.78 is 0. The molecule has 0 aliphatic heterocycles. The molecule has 1 aliphatic rings.